The maximum atomic E-state index is 12.2. The van der Waals surface area contributed by atoms with Gasteiger partial charge >= 0.3 is 0 Å². The van der Waals surface area contributed by atoms with Gasteiger partial charge in [-0.1, -0.05) is 67.6 Å². The minimum absolute atomic E-state index is 0.0520. The van der Waals surface area contributed by atoms with Crippen LogP contribution in [0.5, 0.6) is 5.75 Å². The molecule has 1 amide bonds. The monoisotopic (exact) mass is 557 g/mol. The molecular formula is C35H35N5O2. The molecule has 7 nitrogen and oxygen atoms in total. The number of nitrogens with zero attached hydrogens (tertiary/aromatic N) is 4. The van der Waals surface area contributed by atoms with Crippen LogP contribution >= 0.6 is 0 Å². The molecule has 1 saturated heterocycles. The normalized spacial score (nSPS) is 18.6. The molecule has 0 radical (unpaired) electrons. The molecule has 1 aliphatic heterocycles. The Hall–Kier alpha value is -4.49. The second-order valence-electron chi connectivity index (χ2n) is 11.5. The highest BCUT2D eigenvalue weighted by molar-refractivity contribution is 5.93. The number of hydrogen-bond acceptors (Lipinski definition) is 5. The SMILES string of the molecule is CC[C@@H]1[C@H](Oc2cnc(C)cc2-c2ccn3nc(NC(=O)C4CC4)cc3c2)CN1C(c1ccccc1)c1ccccc1. The predicted octanol–water partition coefficient (Wildman–Crippen LogP) is 6.68. The Morgan fingerprint density at radius 2 is 1.71 bits per heavy atom. The molecule has 7 heteroatoms. The van der Waals surface area contributed by atoms with Gasteiger partial charge in [0.15, 0.2) is 5.82 Å². The van der Waals surface area contributed by atoms with E-state index < -0.39 is 0 Å². The van der Waals surface area contributed by atoms with Gasteiger partial charge in [0.1, 0.15) is 11.9 Å². The molecule has 2 aromatic carbocycles. The summed E-state index contributed by atoms with van der Waals surface area (Å²) in [5.41, 5.74) is 6.46. The van der Waals surface area contributed by atoms with Crippen LogP contribution in [0.1, 0.15) is 49.0 Å². The number of anilines is 1. The van der Waals surface area contributed by atoms with E-state index in [0.29, 0.717) is 5.82 Å². The van der Waals surface area contributed by atoms with Crippen LogP contribution in [0.4, 0.5) is 5.82 Å². The molecule has 7 rings (SSSR count). The molecule has 3 aromatic heterocycles. The van der Waals surface area contributed by atoms with Crippen molar-refractivity contribution in [2.75, 3.05) is 11.9 Å². The molecule has 4 heterocycles. The summed E-state index contributed by atoms with van der Waals surface area (Å²) in [4.78, 5) is 19.4. The van der Waals surface area contributed by atoms with Crippen LogP contribution in [0, 0.1) is 12.8 Å². The fourth-order valence-electron chi connectivity index (χ4n) is 6.12. The predicted molar refractivity (Wildman–Crippen MR) is 164 cm³/mol. The van der Waals surface area contributed by atoms with Gasteiger partial charge in [0, 0.05) is 42.0 Å². The quantitative estimate of drug-likeness (QED) is 0.219. The summed E-state index contributed by atoms with van der Waals surface area (Å²) >= 11 is 0. The number of nitrogens with one attached hydrogen (secondary N) is 1. The van der Waals surface area contributed by atoms with Gasteiger partial charge in [-0.2, -0.15) is 5.10 Å². The Balaban J connectivity index is 1.15. The first kappa shape index (κ1) is 26.4. The van der Waals surface area contributed by atoms with Gasteiger partial charge in [-0.25, -0.2) is 4.52 Å². The third kappa shape index (κ3) is 5.16. The molecule has 2 atom stereocenters. The zero-order valence-corrected chi connectivity index (χ0v) is 24.0. The van der Waals surface area contributed by atoms with E-state index in [1.54, 1.807) is 4.52 Å². The Kier molecular flexibility index (Phi) is 6.96. The average Bonchev–Trinajstić information content (AvgIpc) is 3.78. The van der Waals surface area contributed by atoms with E-state index in [2.05, 4.69) is 100 Å². The number of rotatable bonds is 9. The third-order valence-corrected chi connectivity index (χ3v) is 8.48. The molecule has 0 bridgehead atoms. The molecule has 2 fully saturated rings. The van der Waals surface area contributed by atoms with Gasteiger partial charge in [-0.3, -0.25) is 14.7 Å². The highest BCUT2D eigenvalue weighted by Gasteiger charge is 2.44. The van der Waals surface area contributed by atoms with Gasteiger partial charge < -0.3 is 10.1 Å². The molecule has 0 spiro atoms. The molecule has 1 N–H and O–H groups in total. The van der Waals surface area contributed by atoms with Crippen molar-refractivity contribution in [2.24, 2.45) is 5.92 Å². The maximum absolute atomic E-state index is 12.2. The van der Waals surface area contributed by atoms with E-state index in [4.69, 9.17) is 4.74 Å². The molecule has 42 heavy (non-hydrogen) atoms. The molecule has 1 saturated carbocycles. The fourth-order valence-corrected chi connectivity index (χ4v) is 6.12. The number of aryl methyl sites for hydroxylation is 1. The molecule has 2 aliphatic rings. The summed E-state index contributed by atoms with van der Waals surface area (Å²) in [6.07, 6.45) is 6.74. The number of fused-ring (bicyclic) bond motifs is 1. The number of benzene rings is 2. The zero-order valence-electron chi connectivity index (χ0n) is 24.0. The Morgan fingerprint density at radius 3 is 2.38 bits per heavy atom. The third-order valence-electron chi connectivity index (χ3n) is 8.48. The summed E-state index contributed by atoms with van der Waals surface area (Å²) < 4.78 is 8.56. The number of ether oxygens (including phenoxy) is 1. The lowest BCUT2D eigenvalue weighted by Crippen LogP contribution is -2.63. The van der Waals surface area contributed by atoms with Crippen LogP contribution < -0.4 is 10.1 Å². The minimum Gasteiger partial charge on any atom is -0.485 e. The number of hydrogen-bond donors (Lipinski definition) is 1. The Morgan fingerprint density at radius 1 is 1.00 bits per heavy atom. The van der Waals surface area contributed by atoms with Crippen LogP contribution in [0.3, 0.4) is 0 Å². The largest absolute Gasteiger partial charge is 0.485 e. The summed E-state index contributed by atoms with van der Waals surface area (Å²) in [6.45, 7) is 5.06. The van der Waals surface area contributed by atoms with Gasteiger partial charge in [0.2, 0.25) is 5.91 Å². The van der Waals surface area contributed by atoms with E-state index in [1.165, 1.54) is 11.1 Å². The van der Waals surface area contributed by atoms with Crippen LogP contribution in [0.25, 0.3) is 16.6 Å². The first-order valence-corrected chi connectivity index (χ1v) is 14.9. The molecule has 5 aromatic rings. The van der Waals surface area contributed by atoms with Gasteiger partial charge in [-0.05, 0) is 61.1 Å². The Bertz CT molecular complexity index is 1670. The van der Waals surface area contributed by atoms with Gasteiger partial charge in [-0.15, -0.1) is 0 Å². The van der Waals surface area contributed by atoms with Crippen molar-refractivity contribution < 1.29 is 9.53 Å². The standard InChI is InChI=1S/C35H35N5O2/c1-3-30-32(22-39(30)34(24-10-6-4-7-11-24)25-12-8-5-9-13-25)42-31-21-36-23(2)18-29(31)27-16-17-40-28(19-27)20-33(38-40)37-35(41)26-14-15-26/h4-13,16-21,26,30,32,34H,3,14-15,22H2,1-2H3,(H,37,38,41)/t30-,32-/m1/s1. The number of amides is 1. The lowest BCUT2D eigenvalue weighted by molar-refractivity contribution is -0.117. The van der Waals surface area contributed by atoms with Gasteiger partial charge in [0.05, 0.1) is 17.8 Å². The van der Waals surface area contributed by atoms with Crippen molar-refractivity contribution in [1.82, 2.24) is 19.5 Å². The molecule has 0 unspecified atom stereocenters. The van der Waals surface area contributed by atoms with Crippen molar-refractivity contribution in [1.29, 1.82) is 0 Å². The maximum Gasteiger partial charge on any atom is 0.228 e. The molecular weight excluding hydrogens is 522 g/mol. The first-order valence-electron chi connectivity index (χ1n) is 14.9. The van der Waals surface area contributed by atoms with E-state index in [9.17, 15) is 4.79 Å². The molecule has 212 valence electrons. The second-order valence-corrected chi connectivity index (χ2v) is 11.5. The lowest BCUT2D eigenvalue weighted by Gasteiger charge is -2.51. The summed E-state index contributed by atoms with van der Waals surface area (Å²) in [5, 5.41) is 7.49. The fraction of sp³-hybridized carbons (Fsp3) is 0.286. The van der Waals surface area contributed by atoms with E-state index in [-0.39, 0.29) is 30.0 Å². The highest BCUT2D eigenvalue weighted by atomic mass is 16.5. The minimum atomic E-state index is 0.0520. The van der Waals surface area contributed by atoms with Crippen LogP contribution in [0.15, 0.2) is 97.3 Å². The number of likely N-dealkylation sites (tertiary alicyclic amines) is 1. The summed E-state index contributed by atoms with van der Waals surface area (Å²) in [6, 6.07) is 30.1. The van der Waals surface area contributed by atoms with Crippen molar-refractivity contribution in [2.45, 2.75) is 51.3 Å². The lowest BCUT2D eigenvalue weighted by atomic mass is 9.87. The van der Waals surface area contributed by atoms with Crippen LogP contribution in [-0.4, -0.2) is 44.1 Å². The zero-order chi connectivity index (χ0) is 28.6. The number of pyridine rings is 2. The van der Waals surface area contributed by atoms with Crippen molar-refractivity contribution >= 4 is 17.2 Å². The van der Waals surface area contributed by atoms with E-state index >= 15 is 0 Å². The van der Waals surface area contributed by atoms with Crippen molar-refractivity contribution in [3.63, 3.8) is 0 Å². The topological polar surface area (TPSA) is 71.8 Å². The van der Waals surface area contributed by atoms with E-state index in [1.807, 2.05) is 31.5 Å². The van der Waals surface area contributed by atoms with Crippen LogP contribution in [-0.2, 0) is 4.79 Å². The average molecular weight is 558 g/mol. The van der Waals surface area contributed by atoms with Crippen molar-refractivity contribution in [3.05, 3.63) is 114 Å². The summed E-state index contributed by atoms with van der Waals surface area (Å²) in [5.74, 6) is 1.56. The van der Waals surface area contributed by atoms with Crippen LogP contribution in [0.2, 0.25) is 0 Å². The smallest absolute Gasteiger partial charge is 0.228 e. The highest BCUT2D eigenvalue weighted by Crippen LogP contribution is 2.40. The first-order chi connectivity index (χ1) is 20.6. The van der Waals surface area contributed by atoms with Crippen molar-refractivity contribution in [3.8, 4) is 16.9 Å². The Labute approximate surface area is 246 Å². The number of carbonyl (C=O) groups is 1. The summed E-state index contributed by atoms with van der Waals surface area (Å²) in [7, 11) is 0. The van der Waals surface area contributed by atoms with Gasteiger partial charge in [0.25, 0.3) is 0 Å². The van der Waals surface area contributed by atoms with E-state index in [0.717, 1.165) is 53.9 Å². The number of carbonyl (C=O) groups excluding carboxylic acids is 1. The molecule has 1 aliphatic carbocycles. The number of aromatic nitrogens is 3. The second kappa shape index (κ2) is 11.1.